The molecule has 0 unspecified atom stereocenters. The van der Waals surface area contributed by atoms with E-state index in [0.717, 1.165) is 22.2 Å². The zero-order valence-electron chi connectivity index (χ0n) is 15.6. The van der Waals surface area contributed by atoms with E-state index < -0.39 is 17.8 Å². The summed E-state index contributed by atoms with van der Waals surface area (Å²) >= 11 is 3.38. The van der Waals surface area contributed by atoms with Gasteiger partial charge in [0.2, 0.25) is 0 Å². The summed E-state index contributed by atoms with van der Waals surface area (Å²) in [5.41, 5.74) is 0.572. The van der Waals surface area contributed by atoms with Crippen molar-refractivity contribution in [3.63, 3.8) is 0 Å². The molecule has 0 atom stereocenters. The number of hydrogen-bond donors (Lipinski definition) is 2. The van der Waals surface area contributed by atoms with Crippen molar-refractivity contribution >= 4 is 45.5 Å². The number of benzene rings is 2. The zero-order chi connectivity index (χ0) is 21.0. The Morgan fingerprint density at radius 2 is 1.86 bits per heavy atom. The number of phenolic OH excluding ortho intramolecular Hbond substituents is 1. The number of barbiturate groups is 1. The van der Waals surface area contributed by atoms with E-state index in [1.165, 1.54) is 30.3 Å². The molecule has 8 heteroatoms. The molecule has 1 aliphatic rings. The number of carbonyl (C=O) groups is 3. The number of rotatable bonds is 6. The Balaban J connectivity index is 1.98. The lowest BCUT2D eigenvalue weighted by atomic mass is 10.1. The average molecular weight is 459 g/mol. The maximum atomic E-state index is 13.0. The van der Waals surface area contributed by atoms with Gasteiger partial charge in [0.1, 0.15) is 17.1 Å². The van der Waals surface area contributed by atoms with E-state index in [1.807, 2.05) is 6.92 Å². The van der Waals surface area contributed by atoms with Crippen LogP contribution in [0.25, 0.3) is 6.08 Å². The van der Waals surface area contributed by atoms with Gasteiger partial charge in [-0.25, -0.2) is 9.69 Å². The third-order valence-corrected chi connectivity index (χ3v) is 4.73. The highest BCUT2D eigenvalue weighted by molar-refractivity contribution is 9.10. The number of phenols is 1. The quantitative estimate of drug-likeness (QED) is 0.387. The molecule has 0 aliphatic carbocycles. The molecule has 0 radical (unpaired) electrons. The summed E-state index contributed by atoms with van der Waals surface area (Å²) in [4.78, 5) is 38.4. The largest absolute Gasteiger partial charge is 0.508 e. The summed E-state index contributed by atoms with van der Waals surface area (Å²) in [5, 5.41) is 11.6. The third-order valence-electron chi connectivity index (χ3n) is 4.24. The van der Waals surface area contributed by atoms with Gasteiger partial charge in [-0.15, -0.1) is 0 Å². The summed E-state index contributed by atoms with van der Waals surface area (Å²) in [6, 6.07) is 9.97. The summed E-state index contributed by atoms with van der Waals surface area (Å²) < 4.78 is 6.53. The molecule has 1 heterocycles. The van der Waals surface area contributed by atoms with Crippen LogP contribution in [0.1, 0.15) is 25.3 Å². The van der Waals surface area contributed by atoms with E-state index in [9.17, 15) is 19.5 Å². The molecule has 3 rings (SSSR count). The maximum Gasteiger partial charge on any atom is 0.335 e. The van der Waals surface area contributed by atoms with Gasteiger partial charge in [-0.05, 0) is 55.0 Å². The van der Waals surface area contributed by atoms with Crippen LogP contribution in [0.4, 0.5) is 10.5 Å². The van der Waals surface area contributed by atoms with Crippen molar-refractivity contribution in [2.75, 3.05) is 11.5 Å². The SMILES string of the molecule is CCCCOc1ccc(Br)cc1C=C1C(=O)NC(=O)N(c2ccc(O)cc2)C1=O. The first kappa shape index (κ1) is 20.6. The first-order chi connectivity index (χ1) is 13.9. The lowest BCUT2D eigenvalue weighted by Gasteiger charge is -2.26. The van der Waals surface area contributed by atoms with Crippen molar-refractivity contribution < 1.29 is 24.2 Å². The fraction of sp³-hybridized carbons (Fsp3) is 0.190. The highest BCUT2D eigenvalue weighted by atomic mass is 79.9. The number of halogens is 1. The molecule has 1 fully saturated rings. The van der Waals surface area contributed by atoms with Crippen molar-refractivity contribution in [2.45, 2.75) is 19.8 Å². The van der Waals surface area contributed by atoms with Crippen LogP contribution in [0.15, 0.2) is 52.5 Å². The van der Waals surface area contributed by atoms with Crippen LogP contribution in [0.2, 0.25) is 0 Å². The Kier molecular flexibility index (Phi) is 6.33. The second-order valence-corrected chi connectivity index (χ2v) is 7.27. The number of amides is 4. The van der Waals surface area contributed by atoms with Crippen LogP contribution in [0, 0.1) is 0 Å². The average Bonchev–Trinajstić information content (AvgIpc) is 2.68. The number of carbonyl (C=O) groups excluding carboxylic acids is 3. The molecule has 0 aromatic heterocycles. The first-order valence-corrected chi connectivity index (χ1v) is 9.83. The van der Waals surface area contributed by atoms with Crippen LogP contribution in [0.3, 0.4) is 0 Å². The molecule has 150 valence electrons. The van der Waals surface area contributed by atoms with Gasteiger partial charge in [0, 0.05) is 10.0 Å². The molecule has 2 N–H and O–H groups in total. The van der Waals surface area contributed by atoms with Gasteiger partial charge in [-0.3, -0.25) is 14.9 Å². The van der Waals surface area contributed by atoms with Gasteiger partial charge in [-0.2, -0.15) is 0 Å². The van der Waals surface area contributed by atoms with E-state index >= 15 is 0 Å². The normalized spacial score (nSPS) is 15.6. The molecule has 0 bridgehead atoms. The standard InChI is InChI=1S/C21H19BrN2O5/c1-2-3-10-29-18-9-4-14(22)11-13(18)12-17-19(26)23-21(28)24(20(17)27)15-5-7-16(25)8-6-15/h4-9,11-12,25H,2-3,10H2,1H3,(H,23,26,28). The molecule has 2 aromatic carbocycles. The third kappa shape index (κ3) is 4.65. The molecule has 1 saturated heterocycles. The number of aromatic hydroxyl groups is 1. The molecular weight excluding hydrogens is 440 g/mol. The van der Waals surface area contributed by atoms with Crippen LogP contribution in [0.5, 0.6) is 11.5 Å². The smallest absolute Gasteiger partial charge is 0.335 e. The van der Waals surface area contributed by atoms with Crippen LogP contribution < -0.4 is 15.0 Å². The van der Waals surface area contributed by atoms with Crippen molar-refractivity contribution in [3.05, 3.63) is 58.1 Å². The highest BCUT2D eigenvalue weighted by Crippen LogP contribution is 2.28. The van der Waals surface area contributed by atoms with E-state index in [-0.39, 0.29) is 17.0 Å². The summed E-state index contributed by atoms with van der Waals surface area (Å²) in [5.74, 6) is -1.02. The van der Waals surface area contributed by atoms with E-state index in [4.69, 9.17) is 4.74 Å². The molecule has 7 nitrogen and oxygen atoms in total. The van der Waals surface area contributed by atoms with E-state index in [1.54, 1.807) is 18.2 Å². The van der Waals surface area contributed by atoms with Gasteiger partial charge in [-0.1, -0.05) is 29.3 Å². The number of nitrogens with one attached hydrogen (secondary N) is 1. The molecule has 2 aromatic rings. The van der Waals surface area contributed by atoms with Gasteiger partial charge in [0.25, 0.3) is 11.8 Å². The van der Waals surface area contributed by atoms with Gasteiger partial charge in [0.05, 0.1) is 12.3 Å². The Morgan fingerprint density at radius 1 is 1.14 bits per heavy atom. The monoisotopic (exact) mass is 458 g/mol. The van der Waals surface area contributed by atoms with Crippen LogP contribution in [-0.4, -0.2) is 29.6 Å². The summed E-state index contributed by atoms with van der Waals surface area (Å²) in [7, 11) is 0. The lowest BCUT2D eigenvalue weighted by molar-refractivity contribution is -0.122. The molecule has 1 aliphatic heterocycles. The Bertz CT molecular complexity index is 985. The van der Waals surface area contributed by atoms with E-state index in [2.05, 4.69) is 21.2 Å². The van der Waals surface area contributed by atoms with Gasteiger partial charge >= 0.3 is 6.03 Å². The zero-order valence-corrected chi connectivity index (χ0v) is 17.2. The minimum atomic E-state index is -0.850. The highest BCUT2D eigenvalue weighted by Gasteiger charge is 2.37. The predicted molar refractivity (Wildman–Crippen MR) is 112 cm³/mol. The Morgan fingerprint density at radius 3 is 2.55 bits per heavy atom. The number of anilines is 1. The van der Waals surface area contributed by atoms with Crippen LogP contribution in [-0.2, 0) is 9.59 Å². The maximum absolute atomic E-state index is 13.0. The van der Waals surface area contributed by atoms with Crippen molar-refractivity contribution in [1.82, 2.24) is 5.32 Å². The topological polar surface area (TPSA) is 95.9 Å². The summed E-state index contributed by atoms with van der Waals surface area (Å²) in [6.45, 7) is 2.56. The minimum Gasteiger partial charge on any atom is -0.508 e. The molecule has 29 heavy (non-hydrogen) atoms. The second kappa shape index (κ2) is 8.91. The minimum absolute atomic E-state index is 0.00605. The number of ether oxygens (including phenoxy) is 1. The number of unbranched alkanes of at least 4 members (excludes halogenated alkanes) is 1. The second-order valence-electron chi connectivity index (χ2n) is 6.36. The Labute approximate surface area is 176 Å². The molecule has 4 amide bonds. The number of nitrogens with zero attached hydrogens (tertiary/aromatic N) is 1. The van der Waals surface area contributed by atoms with E-state index in [0.29, 0.717) is 17.9 Å². The first-order valence-electron chi connectivity index (χ1n) is 9.03. The fourth-order valence-corrected chi connectivity index (χ4v) is 3.12. The number of urea groups is 1. The summed E-state index contributed by atoms with van der Waals surface area (Å²) in [6.07, 6.45) is 3.25. The lowest BCUT2D eigenvalue weighted by Crippen LogP contribution is -2.54. The molecule has 0 saturated carbocycles. The van der Waals surface area contributed by atoms with Crippen molar-refractivity contribution in [3.8, 4) is 11.5 Å². The molecular formula is C21H19BrN2O5. The molecule has 0 spiro atoms. The van der Waals surface area contributed by atoms with Crippen molar-refractivity contribution in [1.29, 1.82) is 0 Å². The van der Waals surface area contributed by atoms with Gasteiger partial charge < -0.3 is 9.84 Å². The number of imide groups is 2. The Hall–Kier alpha value is -3.13. The van der Waals surface area contributed by atoms with Crippen LogP contribution >= 0.6 is 15.9 Å². The van der Waals surface area contributed by atoms with Gasteiger partial charge in [0.15, 0.2) is 0 Å². The fourth-order valence-electron chi connectivity index (χ4n) is 2.74. The number of hydrogen-bond acceptors (Lipinski definition) is 5. The van der Waals surface area contributed by atoms with Crippen molar-refractivity contribution in [2.24, 2.45) is 0 Å². The predicted octanol–water partition coefficient (Wildman–Crippen LogP) is 4.00.